The third-order valence-corrected chi connectivity index (χ3v) is 10.9. The molecule has 0 aliphatic carbocycles. The summed E-state index contributed by atoms with van der Waals surface area (Å²) in [5.74, 6) is 0. The quantitative estimate of drug-likeness (QED) is 0.162. The van der Waals surface area contributed by atoms with E-state index in [2.05, 4.69) is 187 Å². The van der Waals surface area contributed by atoms with Gasteiger partial charge in [-0.1, -0.05) is 158 Å². The third kappa shape index (κ3) is 5.76. The molecule has 256 valence electrons. The van der Waals surface area contributed by atoms with Gasteiger partial charge in [0.1, 0.15) is 0 Å². The molecule has 0 atom stereocenters. The number of nitriles is 1. The van der Waals surface area contributed by atoms with Crippen LogP contribution in [0.1, 0.15) is 5.56 Å². The maximum Gasteiger partial charge on any atom is 0.0998 e. The second-order valence-corrected chi connectivity index (χ2v) is 14.1. The molecule has 0 saturated carbocycles. The van der Waals surface area contributed by atoms with Crippen molar-refractivity contribution in [2.24, 2.45) is 0 Å². The maximum absolute atomic E-state index is 10.3. The van der Waals surface area contributed by atoms with Gasteiger partial charge in [-0.15, -0.1) is 0 Å². The van der Waals surface area contributed by atoms with Crippen molar-refractivity contribution in [2.45, 2.75) is 0 Å². The zero-order valence-corrected chi connectivity index (χ0v) is 30.0. The molecule has 0 unspecified atom stereocenters. The number of nitrogens with zero attached hydrogens (tertiary/aromatic N) is 2. The summed E-state index contributed by atoms with van der Waals surface area (Å²) in [6.45, 7) is 0. The summed E-state index contributed by atoms with van der Waals surface area (Å²) in [7, 11) is 0. The lowest BCUT2D eigenvalue weighted by Gasteiger charge is -2.27. The van der Waals surface area contributed by atoms with Crippen molar-refractivity contribution in [3.05, 3.63) is 212 Å². The molecule has 55 heavy (non-hydrogen) atoms. The van der Waals surface area contributed by atoms with E-state index in [4.69, 9.17) is 0 Å². The summed E-state index contributed by atoms with van der Waals surface area (Å²) < 4.78 is 0. The van der Waals surface area contributed by atoms with E-state index in [0.717, 1.165) is 50.4 Å². The molecule has 0 aliphatic heterocycles. The van der Waals surface area contributed by atoms with E-state index in [1.165, 1.54) is 43.1 Å². The minimum atomic E-state index is 0.657. The van der Waals surface area contributed by atoms with Crippen molar-refractivity contribution in [3.63, 3.8) is 0 Å². The number of hydrogen-bond acceptors (Lipinski definition) is 2. The van der Waals surface area contributed by atoms with E-state index >= 15 is 0 Å². The van der Waals surface area contributed by atoms with Crippen LogP contribution in [0.2, 0.25) is 0 Å². The molecular formula is C53H34N2. The van der Waals surface area contributed by atoms with Crippen molar-refractivity contribution >= 4 is 60.2 Å². The Morgan fingerprint density at radius 3 is 1.27 bits per heavy atom. The first-order chi connectivity index (χ1) is 27.2. The third-order valence-electron chi connectivity index (χ3n) is 10.9. The van der Waals surface area contributed by atoms with Gasteiger partial charge in [-0.05, 0) is 119 Å². The van der Waals surface area contributed by atoms with Crippen LogP contribution in [0, 0.1) is 11.3 Å². The maximum atomic E-state index is 10.3. The zero-order valence-electron chi connectivity index (χ0n) is 30.0. The van der Waals surface area contributed by atoms with Crippen molar-refractivity contribution in [1.82, 2.24) is 0 Å². The van der Waals surface area contributed by atoms with Gasteiger partial charge in [-0.25, -0.2) is 0 Å². The molecule has 0 bridgehead atoms. The Balaban J connectivity index is 1.14. The Morgan fingerprint density at radius 2 is 0.727 bits per heavy atom. The fourth-order valence-corrected chi connectivity index (χ4v) is 8.16. The predicted molar refractivity (Wildman–Crippen MR) is 232 cm³/mol. The minimum absolute atomic E-state index is 0.657. The molecule has 10 rings (SSSR count). The van der Waals surface area contributed by atoms with Crippen molar-refractivity contribution in [1.29, 1.82) is 5.26 Å². The van der Waals surface area contributed by atoms with E-state index in [-0.39, 0.29) is 0 Å². The molecule has 10 aromatic rings. The summed E-state index contributed by atoms with van der Waals surface area (Å²) in [5.41, 5.74) is 10.1. The molecule has 0 spiro atoms. The van der Waals surface area contributed by atoms with Crippen molar-refractivity contribution in [2.75, 3.05) is 4.90 Å². The van der Waals surface area contributed by atoms with Crippen molar-refractivity contribution < 1.29 is 0 Å². The highest BCUT2D eigenvalue weighted by Crippen LogP contribution is 2.42. The first kappa shape index (κ1) is 32.2. The Bertz CT molecular complexity index is 2970. The van der Waals surface area contributed by atoms with Crippen LogP contribution in [0.4, 0.5) is 17.1 Å². The normalized spacial score (nSPS) is 11.3. The molecule has 0 saturated heterocycles. The fraction of sp³-hybridized carbons (Fsp3) is 0. The van der Waals surface area contributed by atoms with Crippen LogP contribution in [0.25, 0.3) is 76.5 Å². The molecular weight excluding hydrogens is 665 g/mol. The SMILES string of the molecule is N#Cc1cc(-c2ccccc2)c(-c2ccc(N(c3ccc4c(ccc5ccccc54)c3)c3ccc4c(ccc5ccccc54)c3)cc2)cc1-c1ccccc1. The molecule has 0 aromatic heterocycles. The van der Waals surface area contributed by atoms with Gasteiger partial charge in [0.15, 0.2) is 0 Å². The van der Waals surface area contributed by atoms with E-state index in [1.54, 1.807) is 0 Å². The Labute approximate surface area is 320 Å². The molecule has 0 N–H and O–H groups in total. The average molecular weight is 699 g/mol. The van der Waals surface area contributed by atoms with Crippen LogP contribution >= 0.6 is 0 Å². The number of anilines is 3. The van der Waals surface area contributed by atoms with Gasteiger partial charge in [0.25, 0.3) is 0 Å². The van der Waals surface area contributed by atoms with Gasteiger partial charge in [0, 0.05) is 22.6 Å². The molecule has 0 amide bonds. The van der Waals surface area contributed by atoms with Crippen LogP contribution in [-0.2, 0) is 0 Å². The van der Waals surface area contributed by atoms with Crippen LogP contribution in [0.5, 0.6) is 0 Å². The fourth-order valence-electron chi connectivity index (χ4n) is 8.16. The van der Waals surface area contributed by atoms with E-state index in [1.807, 2.05) is 30.3 Å². The number of fused-ring (bicyclic) bond motifs is 6. The number of rotatable bonds is 6. The lowest BCUT2D eigenvalue weighted by molar-refractivity contribution is 1.29. The van der Waals surface area contributed by atoms with Gasteiger partial charge in [0.05, 0.1) is 11.6 Å². The Morgan fingerprint density at radius 1 is 0.309 bits per heavy atom. The van der Waals surface area contributed by atoms with Gasteiger partial charge < -0.3 is 4.90 Å². The van der Waals surface area contributed by atoms with E-state index in [0.29, 0.717) is 5.56 Å². The number of benzene rings is 10. The largest absolute Gasteiger partial charge is 0.310 e. The molecule has 0 heterocycles. The van der Waals surface area contributed by atoms with Gasteiger partial charge in [-0.2, -0.15) is 5.26 Å². The van der Waals surface area contributed by atoms with Crippen LogP contribution < -0.4 is 4.90 Å². The Kier molecular flexibility index (Phi) is 7.90. The molecule has 10 aromatic carbocycles. The van der Waals surface area contributed by atoms with Gasteiger partial charge in [0.2, 0.25) is 0 Å². The first-order valence-corrected chi connectivity index (χ1v) is 18.6. The summed E-state index contributed by atoms with van der Waals surface area (Å²) in [6, 6.07) is 75.8. The monoisotopic (exact) mass is 698 g/mol. The van der Waals surface area contributed by atoms with E-state index in [9.17, 15) is 5.26 Å². The van der Waals surface area contributed by atoms with Crippen LogP contribution in [-0.4, -0.2) is 0 Å². The summed E-state index contributed by atoms with van der Waals surface area (Å²) >= 11 is 0. The van der Waals surface area contributed by atoms with Crippen LogP contribution in [0.3, 0.4) is 0 Å². The highest BCUT2D eigenvalue weighted by molar-refractivity contribution is 6.10. The second-order valence-electron chi connectivity index (χ2n) is 14.1. The molecule has 0 radical (unpaired) electrons. The smallest absolute Gasteiger partial charge is 0.0998 e. The molecule has 0 aliphatic rings. The Hall–Kier alpha value is -7.47. The topological polar surface area (TPSA) is 27.0 Å². The van der Waals surface area contributed by atoms with Crippen molar-refractivity contribution in [3.8, 4) is 39.4 Å². The van der Waals surface area contributed by atoms with Gasteiger partial charge in [-0.3, -0.25) is 0 Å². The minimum Gasteiger partial charge on any atom is -0.310 e. The highest BCUT2D eigenvalue weighted by atomic mass is 15.1. The second kappa shape index (κ2) is 13.5. The summed E-state index contributed by atoms with van der Waals surface area (Å²) in [5, 5.41) is 20.2. The molecule has 2 nitrogen and oxygen atoms in total. The lowest BCUT2D eigenvalue weighted by Crippen LogP contribution is -2.10. The zero-order chi connectivity index (χ0) is 36.7. The molecule has 2 heteroatoms. The number of hydrogen-bond donors (Lipinski definition) is 0. The predicted octanol–water partition coefficient (Wildman–Crippen LogP) is 14.6. The summed E-state index contributed by atoms with van der Waals surface area (Å²) in [4.78, 5) is 2.36. The van der Waals surface area contributed by atoms with E-state index < -0.39 is 0 Å². The summed E-state index contributed by atoms with van der Waals surface area (Å²) in [6.07, 6.45) is 0. The van der Waals surface area contributed by atoms with Crippen LogP contribution in [0.15, 0.2) is 206 Å². The molecule has 0 fully saturated rings. The first-order valence-electron chi connectivity index (χ1n) is 18.6. The highest BCUT2D eigenvalue weighted by Gasteiger charge is 2.18. The lowest BCUT2D eigenvalue weighted by atomic mass is 9.88. The van der Waals surface area contributed by atoms with Gasteiger partial charge >= 0.3 is 0 Å². The standard InChI is InChI=1S/C53H34N2/c54-35-43-33-52(37-13-5-2-6-14-37)53(34-51(43)36-11-3-1-4-12-36)40-23-25-44(26-24-40)55(45-27-29-49-41(31-45)21-19-38-15-7-9-17-47(38)49)46-28-30-50-42(32-46)22-20-39-16-8-10-18-48(39)50/h1-34H. The average Bonchev–Trinajstić information content (AvgIpc) is 3.26.